The molecule has 0 unspecified atom stereocenters. The van der Waals surface area contributed by atoms with Gasteiger partial charge in [-0.15, -0.1) is 0 Å². The van der Waals surface area contributed by atoms with Crippen LogP contribution in [0.25, 0.3) is 10.8 Å². The molecule has 1 aliphatic carbocycles. The summed E-state index contributed by atoms with van der Waals surface area (Å²) in [6, 6.07) is 10.2. The molecule has 0 aromatic heterocycles. The minimum absolute atomic E-state index is 0.127. The second kappa shape index (κ2) is 5.44. The van der Waals surface area contributed by atoms with Crippen LogP contribution >= 0.6 is 0 Å². The summed E-state index contributed by atoms with van der Waals surface area (Å²) in [5.74, 6) is -1.48. The zero-order chi connectivity index (χ0) is 15.7. The first-order chi connectivity index (χ1) is 10.5. The van der Waals surface area contributed by atoms with E-state index in [1.54, 1.807) is 30.3 Å². The highest BCUT2D eigenvalue weighted by Gasteiger charge is 2.33. The van der Waals surface area contributed by atoms with Crippen molar-refractivity contribution in [2.24, 2.45) is 0 Å². The summed E-state index contributed by atoms with van der Waals surface area (Å²) < 4.78 is 5.70. The van der Waals surface area contributed by atoms with E-state index in [4.69, 9.17) is 4.74 Å². The van der Waals surface area contributed by atoms with Crippen molar-refractivity contribution in [2.75, 3.05) is 0 Å². The van der Waals surface area contributed by atoms with E-state index in [2.05, 4.69) is 0 Å². The van der Waals surface area contributed by atoms with E-state index in [0.717, 1.165) is 31.1 Å². The molecule has 1 saturated carbocycles. The summed E-state index contributed by atoms with van der Waals surface area (Å²) in [5, 5.41) is 10.5. The predicted molar refractivity (Wildman–Crippen MR) is 83.2 cm³/mol. The van der Waals surface area contributed by atoms with Crippen LogP contribution in [0.1, 0.15) is 53.3 Å². The number of rotatable bonds is 3. The molecule has 0 aliphatic heterocycles. The van der Waals surface area contributed by atoms with Gasteiger partial charge in [-0.05, 0) is 50.1 Å². The molecule has 0 amide bonds. The Labute approximate surface area is 128 Å². The molecule has 1 fully saturated rings. The standard InChI is InChI=1S/C18H18O4/c1-18(10-2-3-11-18)22-17(21)14-9-5-7-12-6-4-8-13(15(12)14)16(19)20/h4-9H,2-3,10-11H2,1H3,(H,19,20). The van der Waals surface area contributed by atoms with Gasteiger partial charge in [-0.3, -0.25) is 0 Å². The molecule has 3 rings (SSSR count). The third-order valence-corrected chi connectivity index (χ3v) is 4.36. The summed E-state index contributed by atoms with van der Waals surface area (Å²) in [4.78, 5) is 24.0. The van der Waals surface area contributed by atoms with Crippen LogP contribution in [0.5, 0.6) is 0 Å². The lowest BCUT2D eigenvalue weighted by Gasteiger charge is -2.24. The van der Waals surface area contributed by atoms with Crippen LogP contribution in [0, 0.1) is 0 Å². The van der Waals surface area contributed by atoms with Crippen molar-refractivity contribution in [3.05, 3.63) is 47.5 Å². The highest BCUT2D eigenvalue weighted by Crippen LogP contribution is 2.34. The number of ether oxygens (including phenoxy) is 1. The van der Waals surface area contributed by atoms with Crippen molar-refractivity contribution in [1.82, 2.24) is 0 Å². The lowest BCUT2D eigenvalue weighted by molar-refractivity contribution is -0.00586. The summed E-state index contributed by atoms with van der Waals surface area (Å²) in [5.41, 5.74) is 0.0162. The van der Waals surface area contributed by atoms with Gasteiger partial charge < -0.3 is 9.84 Å². The molecule has 0 saturated heterocycles. The topological polar surface area (TPSA) is 63.6 Å². The SMILES string of the molecule is CC1(OC(=O)c2cccc3cccc(C(=O)O)c23)CCCC1. The van der Waals surface area contributed by atoms with E-state index >= 15 is 0 Å². The van der Waals surface area contributed by atoms with E-state index in [-0.39, 0.29) is 5.56 Å². The van der Waals surface area contributed by atoms with Gasteiger partial charge in [0.15, 0.2) is 0 Å². The van der Waals surface area contributed by atoms with Crippen LogP contribution in [0.2, 0.25) is 0 Å². The molecule has 1 N–H and O–H groups in total. The molecular formula is C18H18O4. The summed E-state index contributed by atoms with van der Waals surface area (Å²) >= 11 is 0. The monoisotopic (exact) mass is 298 g/mol. The van der Waals surface area contributed by atoms with Crippen molar-refractivity contribution in [2.45, 2.75) is 38.2 Å². The molecule has 0 radical (unpaired) electrons. The first kappa shape index (κ1) is 14.6. The Kier molecular flexibility index (Phi) is 3.61. The lowest BCUT2D eigenvalue weighted by atomic mass is 9.98. The quantitative estimate of drug-likeness (QED) is 0.869. The van der Waals surface area contributed by atoms with Crippen LogP contribution in [0.15, 0.2) is 36.4 Å². The number of fused-ring (bicyclic) bond motifs is 1. The molecule has 2 aromatic rings. The highest BCUT2D eigenvalue weighted by atomic mass is 16.6. The maximum absolute atomic E-state index is 12.6. The fraction of sp³-hybridized carbons (Fsp3) is 0.333. The molecule has 0 spiro atoms. The van der Waals surface area contributed by atoms with E-state index in [0.29, 0.717) is 10.9 Å². The van der Waals surface area contributed by atoms with Gasteiger partial charge in [0.25, 0.3) is 0 Å². The Morgan fingerprint density at radius 2 is 1.64 bits per heavy atom. The van der Waals surface area contributed by atoms with Crippen molar-refractivity contribution < 1.29 is 19.4 Å². The molecule has 0 bridgehead atoms. The van der Waals surface area contributed by atoms with Gasteiger partial charge in [-0.2, -0.15) is 0 Å². The Morgan fingerprint density at radius 1 is 1.05 bits per heavy atom. The van der Waals surface area contributed by atoms with E-state index in [1.165, 1.54) is 6.07 Å². The molecule has 0 atom stereocenters. The van der Waals surface area contributed by atoms with Gasteiger partial charge in [-0.1, -0.05) is 24.3 Å². The summed E-state index contributed by atoms with van der Waals surface area (Å²) in [7, 11) is 0. The first-order valence-corrected chi connectivity index (χ1v) is 7.49. The van der Waals surface area contributed by atoms with Gasteiger partial charge in [0.1, 0.15) is 5.60 Å². The number of carbonyl (C=O) groups excluding carboxylic acids is 1. The molecule has 2 aromatic carbocycles. The zero-order valence-electron chi connectivity index (χ0n) is 12.5. The number of carbonyl (C=O) groups is 2. The molecule has 0 heterocycles. The number of benzene rings is 2. The Balaban J connectivity index is 2.06. The summed E-state index contributed by atoms with van der Waals surface area (Å²) in [6.45, 7) is 1.95. The molecular weight excluding hydrogens is 280 g/mol. The number of carboxylic acids is 1. The fourth-order valence-corrected chi connectivity index (χ4v) is 3.19. The first-order valence-electron chi connectivity index (χ1n) is 7.49. The Morgan fingerprint density at radius 3 is 2.23 bits per heavy atom. The van der Waals surface area contributed by atoms with Crippen molar-refractivity contribution >= 4 is 22.7 Å². The molecule has 4 heteroatoms. The van der Waals surface area contributed by atoms with Gasteiger partial charge >= 0.3 is 11.9 Å². The number of carboxylic acid groups (broad SMARTS) is 1. The van der Waals surface area contributed by atoms with Crippen molar-refractivity contribution in [1.29, 1.82) is 0 Å². The zero-order valence-corrected chi connectivity index (χ0v) is 12.5. The predicted octanol–water partition coefficient (Wildman–Crippen LogP) is 4.03. The average Bonchev–Trinajstić information content (AvgIpc) is 2.92. The third kappa shape index (κ3) is 2.56. The second-order valence-electron chi connectivity index (χ2n) is 6.06. The van der Waals surface area contributed by atoms with E-state index < -0.39 is 17.5 Å². The number of esters is 1. The van der Waals surface area contributed by atoms with Gasteiger partial charge in [-0.25, -0.2) is 9.59 Å². The van der Waals surface area contributed by atoms with Crippen LogP contribution < -0.4 is 0 Å². The fourth-order valence-electron chi connectivity index (χ4n) is 3.19. The molecule has 114 valence electrons. The lowest BCUT2D eigenvalue weighted by Crippen LogP contribution is -2.28. The van der Waals surface area contributed by atoms with Crippen LogP contribution in [-0.4, -0.2) is 22.6 Å². The van der Waals surface area contributed by atoms with E-state index in [1.807, 2.05) is 6.92 Å². The van der Waals surface area contributed by atoms with Gasteiger partial charge in [0.2, 0.25) is 0 Å². The molecule has 22 heavy (non-hydrogen) atoms. The molecule has 4 nitrogen and oxygen atoms in total. The van der Waals surface area contributed by atoms with Crippen LogP contribution in [0.4, 0.5) is 0 Å². The maximum atomic E-state index is 12.6. The molecule has 1 aliphatic rings. The Hall–Kier alpha value is -2.36. The largest absolute Gasteiger partial charge is 0.478 e. The van der Waals surface area contributed by atoms with E-state index in [9.17, 15) is 14.7 Å². The second-order valence-corrected chi connectivity index (χ2v) is 6.06. The van der Waals surface area contributed by atoms with Gasteiger partial charge in [0, 0.05) is 5.39 Å². The normalized spacial score (nSPS) is 16.6. The average molecular weight is 298 g/mol. The summed E-state index contributed by atoms with van der Waals surface area (Å²) in [6.07, 6.45) is 3.82. The highest BCUT2D eigenvalue weighted by molar-refractivity contribution is 6.13. The van der Waals surface area contributed by atoms with Crippen LogP contribution in [0.3, 0.4) is 0 Å². The number of hydrogen-bond donors (Lipinski definition) is 1. The van der Waals surface area contributed by atoms with Crippen molar-refractivity contribution in [3.63, 3.8) is 0 Å². The van der Waals surface area contributed by atoms with Crippen molar-refractivity contribution in [3.8, 4) is 0 Å². The maximum Gasteiger partial charge on any atom is 0.339 e. The van der Waals surface area contributed by atoms with Gasteiger partial charge in [0.05, 0.1) is 11.1 Å². The smallest absolute Gasteiger partial charge is 0.339 e. The van der Waals surface area contributed by atoms with Crippen LogP contribution in [-0.2, 0) is 4.74 Å². The minimum atomic E-state index is -1.04. The minimum Gasteiger partial charge on any atom is -0.478 e. The Bertz CT molecular complexity index is 737. The number of hydrogen-bond acceptors (Lipinski definition) is 3. The third-order valence-electron chi connectivity index (χ3n) is 4.36. The number of aromatic carboxylic acids is 1.